The number of nitrogens with zero attached hydrogens (tertiary/aromatic N) is 5. The van der Waals surface area contributed by atoms with E-state index in [1.165, 1.54) is 35.1 Å². The van der Waals surface area contributed by atoms with E-state index in [4.69, 9.17) is 0 Å². The number of unbranched alkanes of at least 4 members (excludes halogenated alkanes) is 1. The van der Waals surface area contributed by atoms with Crippen molar-refractivity contribution in [3.63, 3.8) is 0 Å². The lowest BCUT2D eigenvalue weighted by Gasteiger charge is -2.07. The van der Waals surface area contributed by atoms with Crippen molar-refractivity contribution in [1.82, 2.24) is 24.7 Å². The monoisotopic (exact) mass is 314 g/mol. The third kappa shape index (κ3) is 2.56. The summed E-state index contributed by atoms with van der Waals surface area (Å²) in [5.41, 5.74) is 1.48. The standard InChI is InChI=1S/C15H18N6S/c1(2-7-21-9-19-20-10-21)6-16-14-13-11-4-3-5-12(11)22-15(13)18-8-17-14/h8-10H,1-7H2,(H,16,17,18). The minimum atomic E-state index is 0.929. The summed E-state index contributed by atoms with van der Waals surface area (Å²) in [6.07, 6.45) is 11.0. The molecule has 0 radical (unpaired) electrons. The van der Waals surface area contributed by atoms with Crippen molar-refractivity contribution in [1.29, 1.82) is 0 Å². The Labute approximate surface area is 132 Å². The molecule has 1 aliphatic carbocycles. The van der Waals surface area contributed by atoms with Crippen molar-refractivity contribution in [3.8, 4) is 0 Å². The number of thiophene rings is 1. The molecule has 0 amide bonds. The van der Waals surface area contributed by atoms with E-state index < -0.39 is 0 Å². The van der Waals surface area contributed by atoms with E-state index in [0.29, 0.717) is 0 Å². The van der Waals surface area contributed by atoms with Crippen molar-refractivity contribution in [2.45, 2.75) is 38.6 Å². The molecule has 0 aromatic carbocycles. The molecule has 6 nitrogen and oxygen atoms in total. The van der Waals surface area contributed by atoms with Crippen LogP contribution in [0.3, 0.4) is 0 Å². The summed E-state index contributed by atoms with van der Waals surface area (Å²) < 4.78 is 2.01. The molecule has 1 aliphatic rings. The van der Waals surface area contributed by atoms with Gasteiger partial charge in [-0.1, -0.05) is 0 Å². The SMILES string of the molecule is c1nc(NCCCCn2cnnc2)c2c3c(sc2n1)CCC3. The van der Waals surface area contributed by atoms with Crippen LogP contribution < -0.4 is 5.32 Å². The Morgan fingerprint density at radius 2 is 2.05 bits per heavy atom. The van der Waals surface area contributed by atoms with Crippen LogP contribution in [-0.2, 0) is 19.4 Å². The first kappa shape index (κ1) is 13.6. The average Bonchev–Trinajstić information content (AvgIpc) is 3.23. The highest BCUT2D eigenvalue weighted by Gasteiger charge is 2.20. The molecule has 0 atom stereocenters. The zero-order valence-corrected chi connectivity index (χ0v) is 13.1. The Hall–Kier alpha value is -2.02. The van der Waals surface area contributed by atoms with Gasteiger partial charge >= 0.3 is 0 Å². The highest BCUT2D eigenvalue weighted by atomic mass is 32.1. The summed E-state index contributed by atoms with van der Waals surface area (Å²) in [5.74, 6) is 1.01. The second-order valence-electron chi connectivity index (χ2n) is 5.59. The van der Waals surface area contributed by atoms with Gasteiger partial charge in [-0.2, -0.15) is 0 Å². The van der Waals surface area contributed by atoms with Crippen molar-refractivity contribution in [2.75, 3.05) is 11.9 Å². The van der Waals surface area contributed by atoms with E-state index in [0.717, 1.165) is 36.6 Å². The number of hydrogen-bond donors (Lipinski definition) is 1. The molecule has 1 N–H and O–H groups in total. The molecule has 3 heterocycles. The molecule has 0 fully saturated rings. The maximum atomic E-state index is 4.46. The average molecular weight is 314 g/mol. The van der Waals surface area contributed by atoms with Gasteiger partial charge in [0.1, 0.15) is 29.6 Å². The van der Waals surface area contributed by atoms with Gasteiger partial charge in [-0.3, -0.25) is 0 Å². The van der Waals surface area contributed by atoms with Crippen LogP contribution in [0.2, 0.25) is 0 Å². The number of rotatable bonds is 6. The Balaban J connectivity index is 1.39. The van der Waals surface area contributed by atoms with Crippen LogP contribution in [0.4, 0.5) is 5.82 Å². The molecule has 0 saturated carbocycles. The third-order valence-corrected chi connectivity index (χ3v) is 5.30. The molecule has 7 heteroatoms. The first-order valence-corrected chi connectivity index (χ1v) is 8.55. The molecule has 0 unspecified atom stereocenters. The first-order chi connectivity index (χ1) is 10.9. The van der Waals surface area contributed by atoms with Crippen LogP contribution in [-0.4, -0.2) is 31.3 Å². The van der Waals surface area contributed by atoms with Crippen molar-refractivity contribution >= 4 is 27.4 Å². The van der Waals surface area contributed by atoms with Gasteiger partial charge in [0.15, 0.2) is 0 Å². The van der Waals surface area contributed by atoms with Crippen LogP contribution in [0.1, 0.15) is 29.7 Å². The molecule has 3 aromatic rings. The zero-order chi connectivity index (χ0) is 14.8. The number of hydrogen-bond acceptors (Lipinski definition) is 6. The molecule has 0 aliphatic heterocycles. The zero-order valence-electron chi connectivity index (χ0n) is 12.3. The van der Waals surface area contributed by atoms with Gasteiger partial charge in [0, 0.05) is 18.0 Å². The van der Waals surface area contributed by atoms with Gasteiger partial charge in [0.2, 0.25) is 0 Å². The minimum Gasteiger partial charge on any atom is -0.369 e. The molecular weight excluding hydrogens is 296 g/mol. The quantitative estimate of drug-likeness (QED) is 0.708. The summed E-state index contributed by atoms with van der Waals surface area (Å²) in [5, 5.41) is 12.4. The summed E-state index contributed by atoms with van der Waals surface area (Å²) >= 11 is 1.83. The lowest BCUT2D eigenvalue weighted by Crippen LogP contribution is -2.06. The number of aryl methyl sites for hydroxylation is 3. The van der Waals surface area contributed by atoms with Gasteiger partial charge in [-0.15, -0.1) is 21.5 Å². The normalized spacial score (nSPS) is 13.6. The number of anilines is 1. The number of nitrogens with one attached hydrogen (secondary N) is 1. The fourth-order valence-corrected chi connectivity index (χ4v) is 4.26. The third-order valence-electron chi connectivity index (χ3n) is 4.10. The summed E-state index contributed by atoms with van der Waals surface area (Å²) in [6, 6.07) is 0. The smallest absolute Gasteiger partial charge is 0.138 e. The van der Waals surface area contributed by atoms with Gasteiger partial charge in [0.05, 0.1) is 5.39 Å². The maximum Gasteiger partial charge on any atom is 0.138 e. The first-order valence-electron chi connectivity index (χ1n) is 7.73. The maximum absolute atomic E-state index is 4.46. The summed E-state index contributed by atoms with van der Waals surface area (Å²) in [4.78, 5) is 11.5. The lowest BCUT2D eigenvalue weighted by atomic mass is 10.2. The Kier molecular flexibility index (Phi) is 3.72. The van der Waals surface area contributed by atoms with E-state index in [2.05, 4.69) is 25.5 Å². The molecule has 0 bridgehead atoms. The second kappa shape index (κ2) is 6.00. The van der Waals surface area contributed by atoms with Crippen LogP contribution in [0.25, 0.3) is 10.2 Å². The van der Waals surface area contributed by atoms with Crippen molar-refractivity contribution in [2.24, 2.45) is 0 Å². The Bertz CT molecular complexity index is 764. The van der Waals surface area contributed by atoms with Crippen LogP contribution >= 0.6 is 11.3 Å². The van der Waals surface area contributed by atoms with Crippen LogP contribution in [0, 0.1) is 0 Å². The second-order valence-corrected chi connectivity index (χ2v) is 6.68. The van der Waals surface area contributed by atoms with E-state index >= 15 is 0 Å². The fraction of sp³-hybridized carbons (Fsp3) is 0.467. The summed E-state index contributed by atoms with van der Waals surface area (Å²) in [6.45, 7) is 1.89. The largest absolute Gasteiger partial charge is 0.369 e. The molecule has 114 valence electrons. The van der Waals surface area contributed by atoms with Crippen molar-refractivity contribution in [3.05, 3.63) is 29.4 Å². The molecule has 0 saturated heterocycles. The van der Waals surface area contributed by atoms with Crippen molar-refractivity contribution < 1.29 is 0 Å². The molecule has 3 aromatic heterocycles. The lowest BCUT2D eigenvalue weighted by molar-refractivity contribution is 0.619. The highest BCUT2D eigenvalue weighted by molar-refractivity contribution is 7.19. The predicted octanol–water partition coefficient (Wildman–Crippen LogP) is 2.66. The number of fused-ring (bicyclic) bond motifs is 3. The molecule has 0 spiro atoms. The van der Waals surface area contributed by atoms with Gasteiger partial charge < -0.3 is 9.88 Å². The van der Waals surface area contributed by atoms with Gasteiger partial charge in [-0.05, 0) is 37.7 Å². The predicted molar refractivity (Wildman–Crippen MR) is 87.2 cm³/mol. The molecule has 22 heavy (non-hydrogen) atoms. The van der Waals surface area contributed by atoms with E-state index in [-0.39, 0.29) is 0 Å². The Morgan fingerprint density at radius 1 is 1.14 bits per heavy atom. The van der Waals surface area contributed by atoms with E-state index in [1.54, 1.807) is 19.0 Å². The fourth-order valence-electron chi connectivity index (χ4n) is 3.03. The van der Waals surface area contributed by atoms with Gasteiger partial charge in [-0.25, -0.2) is 9.97 Å². The molecular formula is C15H18N6S. The van der Waals surface area contributed by atoms with E-state index in [1.807, 2.05) is 15.9 Å². The number of aromatic nitrogens is 5. The highest BCUT2D eigenvalue weighted by Crippen LogP contribution is 2.38. The van der Waals surface area contributed by atoms with Crippen LogP contribution in [0.5, 0.6) is 0 Å². The van der Waals surface area contributed by atoms with Gasteiger partial charge in [0.25, 0.3) is 0 Å². The Morgan fingerprint density at radius 3 is 2.95 bits per heavy atom. The minimum absolute atomic E-state index is 0.929. The van der Waals surface area contributed by atoms with Crippen LogP contribution in [0.15, 0.2) is 19.0 Å². The topological polar surface area (TPSA) is 68.5 Å². The molecule has 4 rings (SSSR count). The van der Waals surface area contributed by atoms with E-state index in [9.17, 15) is 0 Å². The summed E-state index contributed by atoms with van der Waals surface area (Å²) in [7, 11) is 0.